The van der Waals surface area contributed by atoms with Crippen molar-refractivity contribution in [2.45, 2.75) is 40.3 Å². The fourth-order valence-corrected chi connectivity index (χ4v) is 5.72. The van der Waals surface area contributed by atoms with Gasteiger partial charge in [-0.2, -0.15) is 0 Å². The van der Waals surface area contributed by atoms with Gasteiger partial charge in [-0.3, -0.25) is 24.1 Å². The second-order valence-electron chi connectivity index (χ2n) is 11.6. The lowest BCUT2D eigenvalue weighted by Crippen LogP contribution is -2.47. The van der Waals surface area contributed by atoms with Crippen LogP contribution >= 0.6 is 0 Å². The van der Waals surface area contributed by atoms with Crippen molar-refractivity contribution in [1.82, 2.24) is 14.5 Å². The molecule has 230 valence electrons. The molecule has 0 bridgehead atoms. The van der Waals surface area contributed by atoms with Crippen molar-refractivity contribution in [3.05, 3.63) is 99.3 Å². The number of benzene rings is 2. The predicted octanol–water partition coefficient (Wildman–Crippen LogP) is 4.02. The van der Waals surface area contributed by atoms with Crippen LogP contribution in [-0.4, -0.2) is 59.6 Å². The first-order valence-electron chi connectivity index (χ1n) is 14.9. The van der Waals surface area contributed by atoms with Crippen molar-refractivity contribution < 1.29 is 14.3 Å². The van der Waals surface area contributed by atoms with Gasteiger partial charge in [0, 0.05) is 69.7 Å². The van der Waals surface area contributed by atoms with Crippen molar-refractivity contribution in [3.63, 3.8) is 0 Å². The number of aromatic amines is 1. The largest absolute Gasteiger partial charge is 0.493 e. The van der Waals surface area contributed by atoms with Gasteiger partial charge in [0.05, 0.1) is 18.0 Å². The summed E-state index contributed by atoms with van der Waals surface area (Å²) in [6.45, 7) is 8.41. The van der Waals surface area contributed by atoms with Gasteiger partial charge < -0.3 is 24.1 Å². The van der Waals surface area contributed by atoms with Crippen LogP contribution in [0.4, 0.5) is 11.4 Å². The van der Waals surface area contributed by atoms with Gasteiger partial charge in [0.15, 0.2) is 0 Å². The van der Waals surface area contributed by atoms with Crippen molar-refractivity contribution in [1.29, 1.82) is 0 Å². The Morgan fingerprint density at radius 2 is 1.70 bits per heavy atom. The first-order valence-corrected chi connectivity index (χ1v) is 14.9. The Kier molecular flexibility index (Phi) is 9.01. The second-order valence-corrected chi connectivity index (χ2v) is 11.6. The highest BCUT2D eigenvalue weighted by molar-refractivity contribution is 6.20. The summed E-state index contributed by atoms with van der Waals surface area (Å²) in [7, 11) is 1.69. The summed E-state index contributed by atoms with van der Waals surface area (Å²) in [5.41, 5.74) is 0.840. The number of H-pyrrole nitrogens is 1. The number of hydrogen-bond acceptors (Lipinski definition) is 6. The van der Waals surface area contributed by atoms with Gasteiger partial charge in [-0.05, 0) is 68.5 Å². The van der Waals surface area contributed by atoms with Gasteiger partial charge in [-0.25, -0.2) is 0 Å². The number of hydrogen-bond donors (Lipinski definition) is 1. The standard InChI is InChI=1S/C34H39N5O5/c1-5-39-28-12-11-26(22-29(28)36(4)32(42)34(2,3)33(39)43)44-20-8-16-37(23-24-13-15-35-30(40)21-24)18-19-38-17-14-25-9-6-7-10-27(25)31(38)41/h6-7,9-15,17,21-22H,5,8,16,18-20,23H2,1-4H3,(H,35,40). The van der Waals surface area contributed by atoms with E-state index in [-0.39, 0.29) is 22.9 Å². The van der Waals surface area contributed by atoms with Crippen LogP contribution in [0.2, 0.25) is 0 Å². The van der Waals surface area contributed by atoms with Crippen LogP contribution in [0.1, 0.15) is 32.8 Å². The van der Waals surface area contributed by atoms with Gasteiger partial charge in [0.2, 0.25) is 17.4 Å². The highest BCUT2D eigenvalue weighted by atomic mass is 16.5. The van der Waals surface area contributed by atoms with Crippen molar-refractivity contribution in [2.75, 3.05) is 43.1 Å². The minimum atomic E-state index is -1.17. The van der Waals surface area contributed by atoms with E-state index in [4.69, 9.17) is 4.74 Å². The molecule has 0 saturated carbocycles. The normalized spacial score (nSPS) is 14.7. The van der Waals surface area contributed by atoms with E-state index >= 15 is 0 Å². The van der Waals surface area contributed by atoms with Crippen molar-refractivity contribution >= 4 is 34.0 Å². The van der Waals surface area contributed by atoms with Crippen molar-refractivity contribution in [3.8, 4) is 5.75 Å². The topological polar surface area (TPSA) is 108 Å². The summed E-state index contributed by atoms with van der Waals surface area (Å²) in [6, 6.07) is 18.4. The van der Waals surface area contributed by atoms with E-state index in [1.807, 2.05) is 67.7 Å². The van der Waals surface area contributed by atoms with Gasteiger partial charge in [-0.15, -0.1) is 0 Å². The van der Waals surface area contributed by atoms with Crippen LogP contribution in [-0.2, 0) is 22.7 Å². The average Bonchev–Trinajstić information content (AvgIpc) is 3.07. The molecule has 0 atom stereocenters. The maximum absolute atomic E-state index is 13.2. The fourth-order valence-electron chi connectivity index (χ4n) is 5.72. The molecule has 5 rings (SSSR count). The molecule has 4 aromatic rings. The number of ether oxygens (including phenoxy) is 1. The fraction of sp³-hybridized carbons (Fsp3) is 0.353. The quantitative estimate of drug-likeness (QED) is 0.207. The molecule has 1 aliphatic rings. The smallest absolute Gasteiger partial charge is 0.258 e. The number of pyridine rings is 2. The summed E-state index contributed by atoms with van der Waals surface area (Å²) in [4.78, 5) is 59.3. The Balaban J connectivity index is 1.27. The molecule has 0 unspecified atom stereocenters. The monoisotopic (exact) mass is 597 g/mol. The van der Waals surface area contributed by atoms with E-state index in [0.29, 0.717) is 68.3 Å². The van der Waals surface area contributed by atoms with Gasteiger partial charge in [0.1, 0.15) is 11.2 Å². The molecule has 3 heterocycles. The number of amides is 2. The molecule has 1 aliphatic heterocycles. The highest BCUT2D eigenvalue weighted by Crippen LogP contribution is 2.40. The van der Waals surface area contributed by atoms with Gasteiger partial charge in [0.25, 0.3) is 5.56 Å². The zero-order valence-electron chi connectivity index (χ0n) is 25.7. The molecule has 0 aliphatic carbocycles. The van der Waals surface area contributed by atoms with E-state index in [1.165, 1.54) is 4.90 Å². The molecule has 0 spiro atoms. The molecular weight excluding hydrogens is 558 g/mol. The van der Waals surface area contributed by atoms with Crippen molar-refractivity contribution in [2.24, 2.45) is 5.41 Å². The van der Waals surface area contributed by atoms with Crippen LogP contribution < -0.4 is 25.7 Å². The minimum absolute atomic E-state index is 0.0269. The summed E-state index contributed by atoms with van der Waals surface area (Å²) in [5, 5.41) is 1.60. The zero-order valence-corrected chi connectivity index (χ0v) is 25.7. The predicted molar refractivity (Wildman–Crippen MR) is 172 cm³/mol. The van der Waals surface area contributed by atoms with E-state index in [0.717, 1.165) is 10.9 Å². The number of fused-ring (bicyclic) bond motifs is 2. The lowest BCUT2D eigenvalue weighted by atomic mass is 9.90. The Labute approximate surface area is 256 Å². The van der Waals surface area contributed by atoms with Crippen LogP contribution in [0.15, 0.2) is 82.6 Å². The molecule has 0 fully saturated rings. The molecule has 44 heavy (non-hydrogen) atoms. The van der Waals surface area contributed by atoms with Crippen LogP contribution in [0, 0.1) is 5.41 Å². The SMILES string of the molecule is CCN1C(=O)C(C)(C)C(=O)N(C)c2cc(OCCCN(CCn3ccc4ccccc4c3=O)Cc3cc[nH]c(=O)c3)ccc21. The average molecular weight is 598 g/mol. The summed E-state index contributed by atoms with van der Waals surface area (Å²) >= 11 is 0. The third-order valence-electron chi connectivity index (χ3n) is 8.21. The number of aromatic nitrogens is 2. The third kappa shape index (κ3) is 6.30. The third-order valence-corrected chi connectivity index (χ3v) is 8.21. The molecule has 1 N–H and O–H groups in total. The van der Waals surface area contributed by atoms with E-state index in [9.17, 15) is 19.2 Å². The number of rotatable bonds is 11. The highest BCUT2D eigenvalue weighted by Gasteiger charge is 2.45. The molecule has 0 saturated heterocycles. The Morgan fingerprint density at radius 3 is 2.48 bits per heavy atom. The summed E-state index contributed by atoms with van der Waals surface area (Å²) in [6.07, 6.45) is 4.16. The van der Waals surface area contributed by atoms with Crippen LogP contribution in [0.3, 0.4) is 0 Å². The first-order chi connectivity index (χ1) is 21.1. The maximum Gasteiger partial charge on any atom is 0.258 e. The lowest BCUT2D eigenvalue weighted by Gasteiger charge is -2.27. The number of nitrogens with zero attached hydrogens (tertiary/aromatic N) is 4. The molecule has 10 nitrogen and oxygen atoms in total. The van der Waals surface area contributed by atoms with Gasteiger partial charge >= 0.3 is 0 Å². The minimum Gasteiger partial charge on any atom is -0.493 e. The molecule has 2 amide bonds. The van der Waals surface area contributed by atoms with E-state index in [2.05, 4.69) is 9.88 Å². The molecular formula is C34H39N5O5. The number of carbonyl (C=O) groups excluding carboxylic acids is 2. The number of carbonyl (C=O) groups is 2. The lowest BCUT2D eigenvalue weighted by molar-refractivity contribution is -0.137. The first kappa shape index (κ1) is 30.7. The summed E-state index contributed by atoms with van der Waals surface area (Å²) < 4.78 is 7.84. The molecule has 2 aromatic heterocycles. The Bertz CT molecular complexity index is 1790. The van der Waals surface area contributed by atoms with E-state index < -0.39 is 5.41 Å². The number of nitrogens with one attached hydrogen (secondary N) is 1. The second kappa shape index (κ2) is 12.9. The van der Waals surface area contributed by atoms with Gasteiger partial charge in [-0.1, -0.05) is 18.2 Å². The Morgan fingerprint density at radius 1 is 0.909 bits per heavy atom. The maximum atomic E-state index is 13.2. The van der Waals surface area contributed by atoms with E-state index in [1.54, 1.807) is 42.6 Å². The zero-order chi connectivity index (χ0) is 31.4. The Hall–Kier alpha value is -4.70. The molecule has 0 radical (unpaired) electrons. The summed E-state index contributed by atoms with van der Waals surface area (Å²) in [5.74, 6) is 0.115. The van der Waals surface area contributed by atoms with Crippen LogP contribution in [0.25, 0.3) is 10.8 Å². The molecule has 10 heteroatoms. The number of anilines is 2. The van der Waals surface area contributed by atoms with Crippen LogP contribution in [0.5, 0.6) is 5.75 Å². The molecule has 2 aromatic carbocycles.